The van der Waals surface area contributed by atoms with E-state index in [9.17, 15) is 19.5 Å². The van der Waals surface area contributed by atoms with Gasteiger partial charge >= 0.3 is 5.97 Å². The van der Waals surface area contributed by atoms with Crippen molar-refractivity contribution in [1.82, 2.24) is 10.2 Å². The Hall–Kier alpha value is -1.59. The third kappa shape index (κ3) is 2.64. The van der Waals surface area contributed by atoms with Crippen LogP contribution >= 0.6 is 0 Å². The van der Waals surface area contributed by atoms with Crippen molar-refractivity contribution in [1.29, 1.82) is 0 Å². The van der Waals surface area contributed by atoms with Gasteiger partial charge in [-0.1, -0.05) is 13.8 Å². The van der Waals surface area contributed by atoms with Crippen molar-refractivity contribution in [3.8, 4) is 0 Å². The molecule has 1 aliphatic carbocycles. The van der Waals surface area contributed by atoms with E-state index in [0.717, 1.165) is 12.8 Å². The monoisotopic (exact) mass is 282 g/mol. The fraction of sp³-hybridized carbons (Fsp3) is 0.786. The van der Waals surface area contributed by atoms with E-state index in [4.69, 9.17) is 0 Å². The average Bonchev–Trinajstić information content (AvgIpc) is 3.18. The van der Waals surface area contributed by atoms with Gasteiger partial charge in [-0.05, 0) is 25.7 Å². The molecule has 2 N–H and O–H groups in total. The lowest BCUT2D eigenvalue weighted by molar-refractivity contribution is -0.148. The zero-order valence-corrected chi connectivity index (χ0v) is 12.0. The van der Waals surface area contributed by atoms with Crippen molar-refractivity contribution in [2.75, 3.05) is 6.54 Å². The van der Waals surface area contributed by atoms with Gasteiger partial charge in [0.15, 0.2) is 0 Å². The summed E-state index contributed by atoms with van der Waals surface area (Å²) in [5.41, 5.74) is -1.22. The summed E-state index contributed by atoms with van der Waals surface area (Å²) in [4.78, 5) is 37.3. The Balaban J connectivity index is 2.01. The van der Waals surface area contributed by atoms with Crippen molar-refractivity contribution in [2.24, 2.45) is 5.92 Å². The highest BCUT2D eigenvalue weighted by molar-refractivity contribution is 5.92. The second-order valence-corrected chi connectivity index (χ2v) is 5.76. The highest BCUT2D eigenvalue weighted by Crippen LogP contribution is 2.33. The number of carboxylic acid groups (broad SMARTS) is 1. The topological polar surface area (TPSA) is 86.7 Å². The normalized spacial score (nSPS) is 23.0. The minimum Gasteiger partial charge on any atom is -0.480 e. The van der Waals surface area contributed by atoms with Crippen molar-refractivity contribution in [3.63, 3.8) is 0 Å². The maximum Gasteiger partial charge on any atom is 0.329 e. The van der Waals surface area contributed by atoms with Gasteiger partial charge in [0.25, 0.3) is 0 Å². The first kappa shape index (κ1) is 14.8. The van der Waals surface area contributed by atoms with Crippen molar-refractivity contribution < 1.29 is 19.5 Å². The molecule has 1 saturated carbocycles. The molecule has 1 atom stereocenters. The number of aliphatic carboxylic acids is 1. The van der Waals surface area contributed by atoms with Crippen LogP contribution in [0.5, 0.6) is 0 Å². The van der Waals surface area contributed by atoms with Gasteiger partial charge in [0.1, 0.15) is 5.54 Å². The van der Waals surface area contributed by atoms with Crippen LogP contribution in [0.2, 0.25) is 0 Å². The number of hydrogen-bond acceptors (Lipinski definition) is 3. The Bertz CT molecular complexity index is 427. The second kappa shape index (κ2) is 5.42. The third-order valence-electron chi connectivity index (χ3n) is 4.50. The minimum absolute atomic E-state index is 0.0153. The van der Waals surface area contributed by atoms with Crippen LogP contribution in [-0.4, -0.2) is 45.9 Å². The van der Waals surface area contributed by atoms with Gasteiger partial charge in [-0.3, -0.25) is 9.59 Å². The number of carbonyl (C=O) groups is 3. The Morgan fingerprint density at radius 1 is 1.35 bits per heavy atom. The number of likely N-dealkylation sites (tertiary alicyclic amines) is 1. The van der Waals surface area contributed by atoms with E-state index in [1.165, 1.54) is 0 Å². The van der Waals surface area contributed by atoms with Crippen LogP contribution in [-0.2, 0) is 14.4 Å². The first-order valence-corrected chi connectivity index (χ1v) is 7.28. The van der Waals surface area contributed by atoms with E-state index in [0.29, 0.717) is 25.4 Å². The van der Waals surface area contributed by atoms with E-state index in [1.807, 2.05) is 0 Å². The van der Waals surface area contributed by atoms with Gasteiger partial charge in [-0.2, -0.15) is 0 Å². The second-order valence-electron chi connectivity index (χ2n) is 5.76. The predicted molar refractivity (Wildman–Crippen MR) is 71.9 cm³/mol. The first-order chi connectivity index (χ1) is 9.43. The van der Waals surface area contributed by atoms with E-state index < -0.39 is 17.4 Å². The molecule has 112 valence electrons. The highest BCUT2D eigenvalue weighted by Gasteiger charge is 2.44. The maximum atomic E-state index is 12.3. The molecule has 1 heterocycles. The summed E-state index contributed by atoms with van der Waals surface area (Å²) in [6, 6.07) is 0.307. The van der Waals surface area contributed by atoms with Crippen LogP contribution in [0, 0.1) is 5.92 Å². The molecule has 0 aromatic rings. The van der Waals surface area contributed by atoms with Crippen molar-refractivity contribution in [2.45, 2.75) is 57.5 Å². The zero-order valence-electron chi connectivity index (χ0n) is 12.0. The average molecular weight is 282 g/mol. The number of amides is 2. The van der Waals surface area contributed by atoms with Gasteiger partial charge in [0.05, 0.1) is 5.92 Å². The number of carboxylic acids is 1. The Kier molecular flexibility index (Phi) is 4.01. The number of rotatable bonds is 6. The molecule has 0 bridgehead atoms. The Labute approximate surface area is 118 Å². The maximum absolute atomic E-state index is 12.3. The molecular weight excluding hydrogens is 260 g/mol. The van der Waals surface area contributed by atoms with Crippen LogP contribution in [0.4, 0.5) is 0 Å². The fourth-order valence-corrected chi connectivity index (χ4v) is 2.77. The molecular formula is C14H22N2O4. The summed E-state index contributed by atoms with van der Waals surface area (Å²) in [5.74, 6) is -1.73. The number of carbonyl (C=O) groups excluding carboxylic acids is 2. The van der Waals surface area contributed by atoms with Gasteiger partial charge in [0, 0.05) is 19.0 Å². The van der Waals surface area contributed by atoms with Gasteiger partial charge in [0.2, 0.25) is 11.8 Å². The molecule has 2 fully saturated rings. The molecule has 2 rings (SSSR count). The molecule has 2 aliphatic rings. The molecule has 0 aromatic carbocycles. The molecule has 0 spiro atoms. The lowest BCUT2D eigenvalue weighted by Crippen LogP contribution is -2.55. The van der Waals surface area contributed by atoms with E-state index in [-0.39, 0.29) is 18.2 Å². The van der Waals surface area contributed by atoms with Crippen LogP contribution < -0.4 is 5.32 Å². The molecule has 1 unspecified atom stereocenters. The highest BCUT2D eigenvalue weighted by atomic mass is 16.4. The van der Waals surface area contributed by atoms with Crippen molar-refractivity contribution in [3.05, 3.63) is 0 Å². The van der Waals surface area contributed by atoms with Crippen LogP contribution in [0.3, 0.4) is 0 Å². The predicted octanol–water partition coefficient (Wildman–Crippen LogP) is 0.757. The summed E-state index contributed by atoms with van der Waals surface area (Å²) in [6.07, 6.45) is 2.90. The summed E-state index contributed by atoms with van der Waals surface area (Å²) in [7, 11) is 0. The smallest absolute Gasteiger partial charge is 0.329 e. The van der Waals surface area contributed by atoms with Crippen molar-refractivity contribution >= 4 is 17.8 Å². The number of nitrogens with one attached hydrogen (secondary N) is 1. The van der Waals surface area contributed by atoms with Gasteiger partial charge < -0.3 is 15.3 Å². The van der Waals surface area contributed by atoms with E-state index in [1.54, 1.807) is 18.7 Å². The molecule has 20 heavy (non-hydrogen) atoms. The van der Waals surface area contributed by atoms with Crippen LogP contribution in [0.15, 0.2) is 0 Å². The molecule has 6 nitrogen and oxygen atoms in total. The Morgan fingerprint density at radius 3 is 2.40 bits per heavy atom. The largest absolute Gasteiger partial charge is 0.480 e. The number of nitrogens with zero attached hydrogens (tertiary/aromatic N) is 1. The summed E-state index contributed by atoms with van der Waals surface area (Å²) < 4.78 is 0. The number of hydrogen-bond donors (Lipinski definition) is 2. The summed E-state index contributed by atoms with van der Waals surface area (Å²) in [5, 5.41) is 12.0. The third-order valence-corrected chi connectivity index (χ3v) is 4.50. The molecule has 0 radical (unpaired) electrons. The van der Waals surface area contributed by atoms with E-state index >= 15 is 0 Å². The lowest BCUT2D eigenvalue weighted by Gasteiger charge is -2.29. The van der Waals surface area contributed by atoms with Gasteiger partial charge in [-0.15, -0.1) is 0 Å². The standard InChI is InChI=1S/C14H22N2O4/c1-3-14(4-2,13(19)20)15-12(18)9-7-11(17)16(8-9)10-5-6-10/h9-10H,3-8H2,1-2H3,(H,15,18)(H,19,20). The molecule has 0 aromatic heterocycles. The zero-order chi connectivity index (χ0) is 14.9. The molecule has 1 saturated heterocycles. The quantitative estimate of drug-likeness (QED) is 0.753. The Morgan fingerprint density at radius 2 is 1.95 bits per heavy atom. The molecule has 6 heteroatoms. The first-order valence-electron chi connectivity index (χ1n) is 7.28. The fourth-order valence-electron chi connectivity index (χ4n) is 2.77. The summed E-state index contributed by atoms with van der Waals surface area (Å²) >= 11 is 0. The summed E-state index contributed by atoms with van der Waals surface area (Å²) in [6.45, 7) is 3.92. The van der Waals surface area contributed by atoms with Gasteiger partial charge in [-0.25, -0.2) is 4.79 Å². The molecule has 2 amide bonds. The SMILES string of the molecule is CCC(CC)(NC(=O)C1CC(=O)N(C2CC2)C1)C(=O)O. The van der Waals surface area contributed by atoms with Crippen LogP contribution in [0.1, 0.15) is 46.0 Å². The van der Waals surface area contributed by atoms with Crippen LogP contribution in [0.25, 0.3) is 0 Å². The minimum atomic E-state index is -1.22. The molecule has 1 aliphatic heterocycles. The van der Waals surface area contributed by atoms with E-state index in [2.05, 4.69) is 5.32 Å². The lowest BCUT2D eigenvalue weighted by atomic mass is 9.91.